The summed E-state index contributed by atoms with van der Waals surface area (Å²) >= 11 is 0. The van der Waals surface area contributed by atoms with Crippen LogP contribution in [-0.4, -0.2) is 0 Å². The van der Waals surface area contributed by atoms with Crippen molar-refractivity contribution in [1.82, 2.24) is 0 Å². The Morgan fingerprint density at radius 2 is 0.750 bits per heavy atom. The molecule has 8 aromatic carbocycles. The minimum atomic E-state index is 0.282. The third-order valence-electron chi connectivity index (χ3n) is 12.1. The highest BCUT2D eigenvalue weighted by Crippen LogP contribution is 2.60. The Balaban J connectivity index is 1.48. The van der Waals surface area contributed by atoms with Crippen LogP contribution in [0.25, 0.3) is 88.3 Å². The molecule has 3 aliphatic rings. The first-order valence-corrected chi connectivity index (χ1v) is 17.5. The molecule has 0 fully saturated rings. The van der Waals surface area contributed by atoms with Crippen molar-refractivity contribution < 1.29 is 0 Å². The van der Waals surface area contributed by atoms with E-state index in [9.17, 15) is 0 Å². The number of aryl methyl sites for hydroxylation is 6. The van der Waals surface area contributed by atoms with Gasteiger partial charge in [0.2, 0.25) is 0 Å². The maximum atomic E-state index is 2.48. The van der Waals surface area contributed by atoms with E-state index in [2.05, 4.69) is 139 Å². The number of hydrogen-bond acceptors (Lipinski definition) is 0. The number of fused-ring (bicyclic) bond motifs is 1. The third kappa shape index (κ3) is 3.04. The van der Waals surface area contributed by atoms with Crippen LogP contribution in [0, 0.1) is 41.5 Å². The predicted octanol–water partition coefficient (Wildman–Crippen LogP) is 13.3. The van der Waals surface area contributed by atoms with Crippen molar-refractivity contribution in [3.05, 3.63) is 141 Å². The van der Waals surface area contributed by atoms with E-state index in [-0.39, 0.29) is 11.8 Å². The monoisotopic (exact) mass is 612 g/mol. The second-order valence-corrected chi connectivity index (χ2v) is 15.1. The fraction of sp³-hybridized carbons (Fsp3) is 0.167. The van der Waals surface area contributed by atoms with Crippen molar-refractivity contribution in [3.8, 4) is 22.3 Å². The van der Waals surface area contributed by atoms with Gasteiger partial charge in [-0.3, -0.25) is 0 Å². The molecule has 11 rings (SSSR count). The van der Waals surface area contributed by atoms with Crippen molar-refractivity contribution in [3.63, 3.8) is 0 Å². The molecule has 0 saturated carbocycles. The number of allylic oxidation sites excluding steroid dienone is 4. The summed E-state index contributed by atoms with van der Waals surface area (Å²) in [5.41, 5.74) is 19.6. The van der Waals surface area contributed by atoms with Crippen LogP contribution in [0.2, 0.25) is 0 Å². The highest BCUT2D eigenvalue weighted by Gasteiger charge is 2.36. The molecular weight excluding hydrogens is 577 g/mol. The van der Waals surface area contributed by atoms with Gasteiger partial charge in [0.1, 0.15) is 0 Å². The second-order valence-electron chi connectivity index (χ2n) is 15.1. The zero-order valence-electron chi connectivity index (χ0n) is 28.4. The number of benzene rings is 8. The van der Waals surface area contributed by atoms with E-state index in [0.29, 0.717) is 0 Å². The van der Waals surface area contributed by atoms with Gasteiger partial charge in [-0.15, -0.1) is 0 Å². The minimum Gasteiger partial charge on any atom is -0.0763 e. The van der Waals surface area contributed by atoms with Crippen LogP contribution in [0.1, 0.15) is 67.5 Å². The van der Waals surface area contributed by atoms with Crippen molar-refractivity contribution in [1.29, 1.82) is 0 Å². The van der Waals surface area contributed by atoms with E-state index < -0.39 is 0 Å². The van der Waals surface area contributed by atoms with Gasteiger partial charge in [0.05, 0.1) is 0 Å². The molecule has 0 nitrogen and oxygen atoms in total. The van der Waals surface area contributed by atoms with Crippen molar-refractivity contribution in [2.75, 3.05) is 0 Å². The fourth-order valence-corrected chi connectivity index (χ4v) is 10.8. The molecule has 0 heteroatoms. The van der Waals surface area contributed by atoms with Gasteiger partial charge in [-0.2, -0.15) is 0 Å². The summed E-state index contributed by atoms with van der Waals surface area (Å²) in [7, 11) is 0. The molecule has 228 valence electrons. The van der Waals surface area contributed by atoms with Gasteiger partial charge < -0.3 is 0 Å². The summed E-state index contributed by atoms with van der Waals surface area (Å²) in [5, 5.41) is 14.3. The van der Waals surface area contributed by atoms with Crippen LogP contribution in [-0.2, 0) is 0 Å². The quantitative estimate of drug-likeness (QED) is 0.103. The number of rotatable bonds is 2. The number of hydrogen-bond donors (Lipinski definition) is 0. The predicted molar refractivity (Wildman–Crippen MR) is 208 cm³/mol. The molecule has 48 heavy (non-hydrogen) atoms. The Labute approximate surface area is 281 Å². The maximum Gasteiger partial charge on any atom is 0.0212 e. The smallest absolute Gasteiger partial charge is 0.0212 e. The Morgan fingerprint density at radius 3 is 1.15 bits per heavy atom. The van der Waals surface area contributed by atoms with Gasteiger partial charge in [0, 0.05) is 11.8 Å². The van der Waals surface area contributed by atoms with Crippen molar-refractivity contribution in [2.45, 2.75) is 53.4 Å². The average molecular weight is 613 g/mol. The Bertz CT molecular complexity index is 2640. The van der Waals surface area contributed by atoms with E-state index >= 15 is 0 Å². The van der Waals surface area contributed by atoms with Crippen LogP contribution in [0.15, 0.2) is 85.0 Å². The molecule has 8 aromatic rings. The third-order valence-corrected chi connectivity index (χ3v) is 12.1. The molecule has 0 spiro atoms. The standard InChI is InChI=1S/C48H36/c1-23-19-25(3)37(26(4)20-23)43-33-11-7-9-31-32-10-8-12-34-42(32)48-46-36(44(34)38-27(5)21-24(2)22-28(38)6)18-16-30-14-13-29-15-17-35(43)45(39(29)40(30)46)47(48)41(31)33/h7-22,29-30H,1-6H3/t29-,30+. The molecule has 0 N–H and O–H groups in total. The molecular formula is C48H36. The molecule has 0 radical (unpaired) electrons. The lowest BCUT2D eigenvalue weighted by molar-refractivity contribution is 0.948. The molecule has 0 saturated heterocycles. The second kappa shape index (κ2) is 8.82. The molecule has 0 unspecified atom stereocenters. The molecule has 0 amide bonds. The van der Waals surface area contributed by atoms with Crippen LogP contribution in [0.4, 0.5) is 0 Å². The van der Waals surface area contributed by atoms with Gasteiger partial charge in [-0.05, 0) is 162 Å². The molecule has 3 aliphatic carbocycles. The minimum absolute atomic E-state index is 0.282. The lowest BCUT2D eigenvalue weighted by Crippen LogP contribution is -2.15. The fourth-order valence-electron chi connectivity index (χ4n) is 10.8. The summed E-state index contributed by atoms with van der Waals surface area (Å²) in [6, 6.07) is 23.7. The van der Waals surface area contributed by atoms with Crippen molar-refractivity contribution >= 4 is 66.0 Å². The molecule has 0 bridgehead atoms. The SMILES string of the molecule is Cc1cc(C)c(-c2c3c4c5c6c7c(c(-c8c(C)cc(C)cc8C)c8cccc9c%10cccc2c%10c4c7c89)C=C[C@H]6C=C[C@H]5C=C3)c(C)c1. The van der Waals surface area contributed by atoms with Gasteiger partial charge in [-0.1, -0.05) is 108 Å². The summed E-state index contributed by atoms with van der Waals surface area (Å²) in [4.78, 5) is 0. The van der Waals surface area contributed by atoms with Crippen LogP contribution < -0.4 is 0 Å². The topological polar surface area (TPSA) is 0 Å². The van der Waals surface area contributed by atoms with E-state index in [1.165, 1.54) is 132 Å². The van der Waals surface area contributed by atoms with E-state index in [0.717, 1.165) is 0 Å². The van der Waals surface area contributed by atoms with E-state index in [4.69, 9.17) is 0 Å². The van der Waals surface area contributed by atoms with E-state index in [1.54, 1.807) is 0 Å². The largest absolute Gasteiger partial charge is 0.0763 e. The van der Waals surface area contributed by atoms with Gasteiger partial charge in [-0.25, -0.2) is 0 Å². The van der Waals surface area contributed by atoms with Gasteiger partial charge >= 0.3 is 0 Å². The molecule has 0 aromatic heterocycles. The first-order valence-electron chi connectivity index (χ1n) is 17.5. The maximum absolute atomic E-state index is 2.48. The first kappa shape index (κ1) is 26.8. The lowest BCUT2D eigenvalue weighted by atomic mass is 9.66. The Morgan fingerprint density at radius 1 is 0.375 bits per heavy atom. The molecule has 0 heterocycles. The summed E-state index contributed by atoms with van der Waals surface area (Å²) in [5.74, 6) is 0.564. The summed E-state index contributed by atoms with van der Waals surface area (Å²) < 4.78 is 0. The van der Waals surface area contributed by atoms with Crippen LogP contribution in [0.5, 0.6) is 0 Å². The van der Waals surface area contributed by atoms with Crippen LogP contribution in [0.3, 0.4) is 0 Å². The highest BCUT2D eigenvalue weighted by atomic mass is 14.4. The highest BCUT2D eigenvalue weighted by molar-refractivity contribution is 6.45. The zero-order chi connectivity index (χ0) is 32.3. The first-order chi connectivity index (χ1) is 23.3. The van der Waals surface area contributed by atoms with Gasteiger partial charge in [0.15, 0.2) is 0 Å². The lowest BCUT2D eigenvalue weighted by Gasteiger charge is -2.36. The normalized spacial score (nSPS) is 17.5. The molecule has 0 aliphatic heterocycles. The Hall–Kier alpha value is -5.20. The van der Waals surface area contributed by atoms with Crippen molar-refractivity contribution in [2.24, 2.45) is 0 Å². The Kier molecular flexibility index (Phi) is 4.93. The van der Waals surface area contributed by atoms with E-state index in [1.807, 2.05) is 0 Å². The molecule has 2 atom stereocenters. The van der Waals surface area contributed by atoms with Gasteiger partial charge in [0.25, 0.3) is 0 Å². The average Bonchev–Trinajstić information content (AvgIpc) is 3.06. The van der Waals surface area contributed by atoms with Crippen LogP contribution >= 0.6 is 0 Å². The summed E-state index contributed by atoms with van der Waals surface area (Å²) in [6.45, 7) is 13.7. The summed E-state index contributed by atoms with van der Waals surface area (Å²) in [6.07, 6.45) is 14.9. The zero-order valence-corrected chi connectivity index (χ0v) is 28.4.